The van der Waals surface area contributed by atoms with Gasteiger partial charge in [0.15, 0.2) is 5.78 Å². The summed E-state index contributed by atoms with van der Waals surface area (Å²) in [6, 6.07) is 26.1. The largest absolute Gasteiger partial charge is 0.360 e. The number of aryl methyl sites for hydroxylation is 1. The Bertz CT molecular complexity index is 1100. The zero-order valence-electron chi connectivity index (χ0n) is 16.9. The van der Waals surface area contributed by atoms with E-state index in [0.29, 0.717) is 5.92 Å². The first-order chi connectivity index (χ1) is 14.1. The highest BCUT2D eigenvalue weighted by Gasteiger charge is 2.24. The Morgan fingerprint density at radius 2 is 1.59 bits per heavy atom. The molecule has 1 heterocycles. The van der Waals surface area contributed by atoms with Crippen molar-refractivity contribution in [3.63, 3.8) is 0 Å². The summed E-state index contributed by atoms with van der Waals surface area (Å²) in [5.41, 5.74) is 5.22. The molecule has 0 aliphatic rings. The van der Waals surface area contributed by atoms with Gasteiger partial charge in [-0.1, -0.05) is 85.3 Å². The summed E-state index contributed by atoms with van der Waals surface area (Å²) < 4.78 is 0. The van der Waals surface area contributed by atoms with E-state index in [2.05, 4.69) is 48.4 Å². The van der Waals surface area contributed by atoms with Gasteiger partial charge in [0.2, 0.25) is 0 Å². The smallest absolute Gasteiger partial charge is 0.186 e. The minimum Gasteiger partial charge on any atom is -0.360 e. The van der Waals surface area contributed by atoms with Crippen molar-refractivity contribution in [3.8, 4) is 0 Å². The third-order valence-corrected chi connectivity index (χ3v) is 5.52. The number of nitrogens with one attached hydrogen (secondary N) is 2. The molecule has 3 heteroatoms. The molecule has 0 aliphatic carbocycles. The number of hydrogen-bond acceptors (Lipinski definition) is 2. The van der Waals surface area contributed by atoms with Crippen LogP contribution in [0.5, 0.6) is 0 Å². The van der Waals surface area contributed by atoms with Crippen molar-refractivity contribution in [2.75, 3.05) is 6.54 Å². The van der Waals surface area contributed by atoms with E-state index in [4.69, 9.17) is 0 Å². The maximum absolute atomic E-state index is 13.5. The molecule has 0 radical (unpaired) electrons. The van der Waals surface area contributed by atoms with E-state index in [1.807, 2.05) is 60.8 Å². The van der Waals surface area contributed by atoms with Gasteiger partial charge in [-0.2, -0.15) is 0 Å². The molecule has 2 atom stereocenters. The van der Waals surface area contributed by atoms with Crippen molar-refractivity contribution in [2.45, 2.75) is 25.8 Å². The Hall–Kier alpha value is -3.17. The molecular formula is C26H26N2O. The van der Waals surface area contributed by atoms with E-state index < -0.39 is 0 Å². The molecule has 2 N–H and O–H groups in total. The average Bonchev–Trinajstić information content (AvgIpc) is 3.19. The number of aromatic nitrogens is 1. The molecule has 29 heavy (non-hydrogen) atoms. The van der Waals surface area contributed by atoms with Crippen LogP contribution < -0.4 is 5.32 Å². The molecule has 4 aromatic rings. The van der Waals surface area contributed by atoms with E-state index in [1.54, 1.807) is 0 Å². The Morgan fingerprint density at radius 3 is 2.34 bits per heavy atom. The Labute approximate surface area is 171 Å². The van der Waals surface area contributed by atoms with Crippen LogP contribution in [0.4, 0.5) is 0 Å². The zero-order valence-corrected chi connectivity index (χ0v) is 16.9. The molecule has 1 unspecified atom stereocenters. The summed E-state index contributed by atoms with van der Waals surface area (Å²) in [5, 5.41) is 4.50. The molecule has 146 valence electrons. The normalized spacial score (nSPS) is 13.3. The number of hydrogen-bond donors (Lipinski definition) is 2. The van der Waals surface area contributed by atoms with Gasteiger partial charge in [-0.3, -0.25) is 4.79 Å². The topological polar surface area (TPSA) is 44.9 Å². The minimum absolute atomic E-state index is 0.0877. The van der Waals surface area contributed by atoms with E-state index in [9.17, 15) is 4.79 Å². The summed E-state index contributed by atoms with van der Waals surface area (Å²) in [6.07, 6.45) is 1.83. The fraction of sp³-hybridized carbons (Fsp3) is 0.192. The lowest BCUT2D eigenvalue weighted by molar-refractivity contribution is 0.0944. The molecule has 0 aliphatic heterocycles. The fourth-order valence-corrected chi connectivity index (χ4v) is 3.75. The van der Waals surface area contributed by atoms with E-state index in [0.717, 1.165) is 28.6 Å². The van der Waals surface area contributed by atoms with Gasteiger partial charge in [0, 0.05) is 29.2 Å². The number of H-pyrrole nitrogens is 1. The number of Topliss-reactive ketones (excluding diaryl/α,β-unsaturated/α-hetero) is 1. The number of para-hydroxylation sites is 1. The molecule has 0 bridgehead atoms. The van der Waals surface area contributed by atoms with Crippen molar-refractivity contribution in [1.29, 1.82) is 0 Å². The Morgan fingerprint density at radius 1 is 0.897 bits per heavy atom. The molecule has 4 rings (SSSR count). The third-order valence-electron chi connectivity index (χ3n) is 5.52. The number of carbonyl (C=O) groups is 1. The molecule has 0 fully saturated rings. The van der Waals surface area contributed by atoms with Gasteiger partial charge >= 0.3 is 0 Å². The van der Waals surface area contributed by atoms with Crippen LogP contribution in [0.25, 0.3) is 10.9 Å². The van der Waals surface area contributed by atoms with Gasteiger partial charge in [-0.25, -0.2) is 0 Å². The minimum atomic E-state index is -0.386. The standard InChI is InChI=1S/C26H26N2O/c1-18-12-14-20(15-13-18)19(2)16-28-25(21-8-4-3-5-9-21)26(29)23-17-27-24-11-7-6-10-22(23)24/h3-15,17,19,25,27-28H,16H2,1-2H3/t19?,25-/m1/s1. The van der Waals surface area contributed by atoms with Crippen LogP contribution in [-0.2, 0) is 0 Å². The van der Waals surface area contributed by atoms with Crippen LogP contribution in [0.2, 0.25) is 0 Å². The summed E-state index contributed by atoms with van der Waals surface area (Å²) >= 11 is 0. The van der Waals surface area contributed by atoms with Crippen LogP contribution in [0, 0.1) is 6.92 Å². The Kier molecular flexibility index (Phi) is 5.59. The maximum atomic E-state index is 13.5. The lowest BCUT2D eigenvalue weighted by atomic mass is 9.95. The predicted molar refractivity (Wildman–Crippen MR) is 119 cm³/mol. The molecule has 0 saturated heterocycles. The number of carbonyl (C=O) groups excluding carboxylic acids is 1. The summed E-state index contributed by atoms with van der Waals surface area (Å²) in [6.45, 7) is 5.00. The van der Waals surface area contributed by atoms with Gasteiger partial charge in [0.05, 0.1) is 6.04 Å². The second-order valence-electron chi connectivity index (χ2n) is 7.68. The SMILES string of the molecule is Cc1ccc(C(C)CN[C@@H](C(=O)c2c[nH]c3ccccc23)c2ccccc2)cc1. The summed E-state index contributed by atoms with van der Waals surface area (Å²) in [7, 11) is 0. The van der Waals surface area contributed by atoms with E-state index in [1.165, 1.54) is 11.1 Å². The molecule has 0 spiro atoms. The predicted octanol–water partition coefficient (Wildman–Crippen LogP) is 5.79. The maximum Gasteiger partial charge on any atom is 0.186 e. The van der Waals surface area contributed by atoms with Crippen molar-refractivity contribution in [1.82, 2.24) is 10.3 Å². The van der Waals surface area contributed by atoms with Gasteiger partial charge in [0.1, 0.15) is 0 Å². The number of ketones is 1. The highest BCUT2D eigenvalue weighted by molar-refractivity contribution is 6.10. The van der Waals surface area contributed by atoms with Gasteiger partial charge in [0.25, 0.3) is 0 Å². The zero-order chi connectivity index (χ0) is 20.2. The average molecular weight is 383 g/mol. The number of aromatic amines is 1. The summed E-state index contributed by atoms with van der Waals surface area (Å²) in [4.78, 5) is 16.8. The first-order valence-electron chi connectivity index (χ1n) is 10.1. The quantitative estimate of drug-likeness (QED) is 0.397. The highest BCUT2D eigenvalue weighted by Crippen LogP contribution is 2.25. The fourth-order valence-electron chi connectivity index (χ4n) is 3.75. The van der Waals surface area contributed by atoms with Gasteiger partial charge in [-0.15, -0.1) is 0 Å². The number of rotatable bonds is 7. The van der Waals surface area contributed by atoms with Crippen LogP contribution in [0.15, 0.2) is 85.1 Å². The molecule has 0 amide bonds. The monoisotopic (exact) mass is 382 g/mol. The molecule has 1 aromatic heterocycles. The van der Waals surface area contributed by atoms with Crippen LogP contribution in [-0.4, -0.2) is 17.3 Å². The van der Waals surface area contributed by atoms with E-state index in [-0.39, 0.29) is 11.8 Å². The van der Waals surface area contributed by atoms with Crippen molar-refractivity contribution in [2.24, 2.45) is 0 Å². The van der Waals surface area contributed by atoms with Crippen molar-refractivity contribution in [3.05, 3.63) is 107 Å². The van der Waals surface area contributed by atoms with Crippen LogP contribution in [0.3, 0.4) is 0 Å². The van der Waals surface area contributed by atoms with Gasteiger partial charge < -0.3 is 10.3 Å². The third kappa shape index (κ3) is 4.15. The second kappa shape index (κ2) is 8.46. The molecule has 3 aromatic carbocycles. The molecular weight excluding hydrogens is 356 g/mol. The molecule has 3 nitrogen and oxygen atoms in total. The Balaban J connectivity index is 1.60. The second-order valence-corrected chi connectivity index (χ2v) is 7.68. The number of benzene rings is 3. The lowest BCUT2D eigenvalue weighted by Gasteiger charge is -2.21. The molecule has 0 saturated carbocycles. The van der Waals surface area contributed by atoms with E-state index >= 15 is 0 Å². The van der Waals surface area contributed by atoms with Crippen LogP contribution in [0.1, 0.15) is 45.9 Å². The lowest BCUT2D eigenvalue weighted by Crippen LogP contribution is -2.31. The summed E-state index contributed by atoms with van der Waals surface area (Å²) in [5.74, 6) is 0.391. The van der Waals surface area contributed by atoms with Crippen molar-refractivity contribution < 1.29 is 4.79 Å². The first kappa shape index (κ1) is 19.2. The van der Waals surface area contributed by atoms with Crippen molar-refractivity contribution >= 4 is 16.7 Å². The number of fused-ring (bicyclic) bond motifs is 1. The van der Waals surface area contributed by atoms with Gasteiger partial charge in [-0.05, 0) is 30.0 Å². The highest BCUT2D eigenvalue weighted by atomic mass is 16.1. The van der Waals surface area contributed by atoms with Crippen LogP contribution >= 0.6 is 0 Å². The first-order valence-corrected chi connectivity index (χ1v) is 10.1.